The maximum Gasteiger partial charge on any atom is 0.338 e. The first kappa shape index (κ1) is 15.1. The van der Waals surface area contributed by atoms with E-state index in [1.807, 2.05) is 13.8 Å². The molecule has 1 aliphatic rings. The predicted molar refractivity (Wildman–Crippen MR) is 83.7 cm³/mol. The van der Waals surface area contributed by atoms with Crippen LogP contribution in [0.5, 0.6) is 0 Å². The number of carboxylic acids is 1. The van der Waals surface area contributed by atoms with Crippen LogP contribution in [0.25, 0.3) is 10.2 Å². The van der Waals surface area contributed by atoms with Crippen molar-refractivity contribution < 1.29 is 19.4 Å². The molecule has 1 fully saturated rings. The van der Waals surface area contributed by atoms with Gasteiger partial charge in [0.2, 0.25) is 0 Å². The molecule has 22 heavy (non-hydrogen) atoms. The van der Waals surface area contributed by atoms with Crippen molar-refractivity contribution >= 4 is 33.4 Å². The molecule has 1 unspecified atom stereocenters. The number of H-pyrrole nitrogens is 1. The maximum absolute atomic E-state index is 12.2. The fourth-order valence-corrected chi connectivity index (χ4v) is 3.64. The Kier molecular flexibility index (Phi) is 3.70. The van der Waals surface area contributed by atoms with Gasteiger partial charge in [-0.1, -0.05) is 0 Å². The van der Waals surface area contributed by atoms with Crippen LogP contribution in [0.1, 0.15) is 47.5 Å². The van der Waals surface area contributed by atoms with E-state index in [4.69, 9.17) is 9.84 Å². The lowest BCUT2D eigenvalue weighted by Crippen LogP contribution is -2.33. The summed E-state index contributed by atoms with van der Waals surface area (Å²) >= 11 is 1.31. The highest BCUT2D eigenvalue weighted by molar-refractivity contribution is 7.17. The van der Waals surface area contributed by atoms with Gasteiger partial charge in [-0.05, 0) is 32.8 Å². The van der Waals surface area contributed by atoms with E-state index in [2.05, 4.69) is 10.3 Å². The van der Waals surface area contributed by atoms with E-state index in [1.165, 1.54) is 11.3 Å². The van der Waals surface area contributed by atoms with Crippen LogP contribution in [0.4, 0.5) is 0 Å². The van der Waals surface area contributed by atoms with Crippen LogP contribution in [0.2, 0.25) is 0 Å². The van der Waals surface area contributed by atoms with Crippen molar-refractivity contribution in [1.82, 2.24) is 10.3 Å². The lowest BCUT2D eigenvalue weighted by atomic mass is 10.1. The van der Waals surface area contributed by atoms with Crippen LogP contribution in [0.3, 0.4) is 0 Å². The molecule has 0 spiro atoms. The number of fused-ring (bicyclic) bond motifs is 1. The van der Waals surface area contributed by atoms with Gasteiger partial charge < -0.3 is 20.1 Å². The topological polar surface area (TPSA) is 91.4 Å². The largest absolute Gasteiger partial charge is 0.478 e. The third-order valence-corrected chi connectivity index (χ3v) is 4.80. The van der Waals surface area contributed by atoms with Crippen LogP contribution >= 0.6 is 11.3 Å². The zero-order valence-corrected chi connectivity index (χ0v) is 13.3. The minimum atomic E-state index is -0.998. The van der Waals surface area contributed by atoms with Crippen molar-refractivity contribution in [2.75, 3.05) is 6.54 Å². The van der Waals surface area contributed by atoms with Gasteiger partial charge in [-0.2, -0.15) is 0 Å². The van der Waals surface area contributed by atoms with Crippen molar-refractivity contribution in [3.05, 3.63) is 22.7 Å². The molecule has 3 heterocycles. The molecule has 1 aliphatic heterocycles. The first-order chi connectivity index (χ1) is 10.4. The molecule has 1 saturated heterocycles. The highest BCUT2D eigenvalue weighted by atomic mass is 32.1. The molecule has 3 N–H and O–H groups in total. The highest BCUT2D eigenvalue weighted by Crippen LogP contribution is 2.29. The first-order valence-corrected chi connectivity index (χ1v) is 8.03. The summed E-state index contributed by atoms with van der Waals surface area (Å²) in [4.78, 5) is 26.1. The second kappa shape index (κ2) is 5.40. The van der Waals surface area contributed by atoms with Crippen LogP contribution in [0, 0.1) is 0 Å². The van der Waals surface area contributed by atoms with E-state index in [0.717, 1.165) is 17.5 Å². The number of carbonyl (C=O) groups is 2. The SMILES string of the molecule is CC1(C)CCC(CNC(=O)c2cc3scc(C(=O)O)c3[nH]2)O1. The summed E-state index contributed by atoms with van der Waals surface area (Å²) in [6.45, 7) is 4.55. The van der Waals surface area contributed by atoms with E-state index in [1.54, 1.807) is 11.4 Å². The monoisotopic (exact) mass is 322 g/mol. The fourth-order valence-electron chi connectivity index (χ4n) is 2.71. The minimum absolute atomic E-state index is 0.0320. The van der Waals surface area contributed by atoms with E-state index in [-0.39, 0.29) is 23.2 Å². The van der Waals surface area contributed by atoms with E-state index in [9.17, 15) is 9.59 Å². The highest BCUT2D eigenvalue weighted by Gasteiger charge is 2.31. The van der Waals surface area contributed by atoms with Crippen LogP contribution < -0.4 is 5.32 Å². The molecule has 0 bridgehead atoms. The van der Waals surface area contributed by atoms with Gasteiger partial charge in [0.25, 0.3) is 5.91 Å². The number of nitrogens with one attached hydrogen (secondary N) is 2. The Labute approximate surface area is 131 Å². The lowest BCUT2D eigenvalue weighted by molar-refractivity contribution is -0.0138. The van der Waals surface area contributed by atoms with Crippen molar-refractivity contribution in [2.24, 2.45) is 0 Å². The number of carbonyl (C=O) groups excluding carboxylic acids is 1. The average molecular weight is 322 g/mol. The molecule has 3 rings (SSSR count). The molecular weight excluding hydrogens is 304 g/mol. The zero-order valence-electron chi connectivity index (χ0n) is 12.4. The van der Waals surface area contributed by atoms with Crippen molar-refractivity contribution in [3.63, 3.8) is 0 Å². The van der Waals surface area contributed by atoms with Crippen LogP contribution in [-0.4, -0.2) is 40.2 Å². The summed E-state index contributed by atoms with van der Waals surface area (Å²) in [6.07, 6.45) is 1.94. The summed E-state index contributed by atoms with van der Waals surface area (Å²) in [6, 6.07) is 1.68. The Bertz CT molecular complexity index is 731. The smallest absolute Gasteiger partial charge is 0.338 e. The second-order valence-corrected chi connectivity index (χ2v) is 7.04. The number of aromatic nitrogens is 1. The fraction of sp³-hybridized carbons (Fsp3) is 0.467. The maximum atomic E-state index is 12.2. The number of hydrogen-bond donors (Lipinski definition) is 3. The molecule has 1 atom stereocenters. The predicted octanol–water partition coefficient (Wildman–Crippen LogP) is 2.62. The molecule has 0 radical (unpaired) electrons. The molecule has 2 aromatic heterocycles. The molecule has 0 aromatic carbocycles. The number of aromatic carboxylic acids is 1. The van der Waals surface area contributed by atoms with E-state index in [0.29, 0.717) is 17.8 Å². The average Bonchev–Trinajstić information content (AvgIpc) is 3.08. The molecule has 1 amide bonds. The second-order valence-electron chi connectivity index (χ2n) is 6.13. The van der Waals surface area contributed by atoms with Gasteiger partial charge in [0.1, 0.15) is 5.69 Å². The van der Waals surface area contributed by atoms with Crippen LogP contribution in [0.15, 0.2) is 11.4 Å². The van der Waals surface area contributed by atoms with Crippen LogP contribution in [-0.2, 0) is 4.74 Å². The number of rotatable bonds is 4. The molecule has 7 heteroatoms. The third kappa shape index (κ3) is 2.86. The Morgan fingerprint density at radius 1 is 1.55 bits per heavy atom. The lowest BCUT2D eigenvalue weighted by Gasteiger charge is -2.19. The summed E-state index contributed by atoms with van der Waals surface area (Å²) in [5.74, 6) is -1.24. The van der Waals surface area contributed by atoms with Crippen molar-refractivity contribution in [2.45, 2.75) is 38.4 Å². The minimum Gasteiger partial charge on any atom is -0.478 e. The molecule has 0 saturated carbocycles. The van der Waals surface area contributed by atoms with Gasteiger partial charge in [-0.15, -0.1) is 11.3 Å². The van der Waals surface area contributed by atoms with Gasteiger partial charge in [0.15, 0.2) is 0 Å². The number of thiophene rings is 1. The molecule has 2 aromatic rings. The summed E-state index contributed by atoms with van der Waals surface area (Å²) in [5.41, 5.74) is 0.948. The summed E-state index contributed by atoms with van der Waals surface area (Å²) < 4.78 is 6.59. The number of aromatic amines is 1. The van der Waals surface area contributed by atoms with Gasteiger partial charge in [0.05, 0.1) is 27.5 Å². The summed E-state index contributed by atoms with van der Waals surface area (Å²) in [5, 5.41) is 13.5. The Balaban J connectivity index is 1.66. The number of ether oxygens (including phenoxy) is 1. The molecule has 0 aliphatic carbocycles. The number of amides is 1. The van der Waals surface area contributed by atoms with Gasteiger partial charge in [0, 0.05) is 11.9 Å². The van der Waals surface area contributed by atoms with E-state index >= 15 is 0 Å². The molecular formula is C15H18N2O4S. The number of hydrogen-bond acceptors (Lipinski definition) is 4. The van der Waals surface area contributed by atoms with Gasteiger partial charge in [-0.3, -0.25) is 4.79 Å². The van der Waals surface area contributed by atoms with Gasteiger partial charge in [-0.25, -0.2) is 4.79 Å². The number of carboxylic acid groups (broad SMARTS) is 1. The standard InChI is InChI=1S/C15H18N2O4S/c1-15(2)4-3-8(21-15)6-16-13(18)10-5-11-12(17-10)9(7-22-11)14(19)20/h5,7-8,17H,3-4,6H2,1-2H3,(H,16,18)(H,19,20). The van der Waals surface area contributed by atoms with Crippen molar-refractivity contribution in [3.8, 4) is 0 Å². The molecule has 6 nitrogen and oxygen atoms in total. The Hall–Kier alpha value is -1.86. The Morgan fingerprint density at radius 3 is 2.95 bits per heavy atom. The third-order valence-electron chi connectivity index (χ3n) is 3.87. The normalized spacial score (nSPS) is 20.4. The zero-order chi connectivity index (χ0) is 15.9. The van der Waals surface area contributed by atoms with Gasteiger partial charge >= 0.3 is 5.97 Å². The Morgan fingerprint density at radius 2 is 2.32 bits per heavy atom. The van der Waals surface area contributed by atoms with E-state index < -0.39 is 5.97 Å². The summed E-state index contributed by atoms with van der Waals surface area (Å²) in [7, 11) is 0. The molecule has 118 valence electrons. The first-order valence-electron chi connectivity index (χ1n) is 7.15. The quantitative estimate of drug-likeness (QED) is 0.807. The van der Waals surface area contributed by atoms with Crippen molar-refractivity contribution in [1.29, 1.82) is 0 Å².